The van der Waals surface area contributed by atoms with Crippen LogP contribution >= 0.6 is 35.0 Å². The Morgan fingerprint density at radius 3 is 2.31 bits per heavy atom. The number of ether oxygens (including phenoxy) is 4. The number of carbonyl (C=O) groups excluding carboxylic acids is 2. The van der Waals surface area contributed by atoms with Crippen LogP contribution in [0.1, 0.15) is 13.8 Å². The van der Waals surface area contributed by atoms with Gasteiger partial charge in [0, 0.05) is 30.9 Å². The molecule has 0 amide bonds. The minimum absolute atomic E-state index is 0.140. The zero-order valence-electron chi connectivity index (χ0n) is 20.3. The van der Waals surface area contributed by atoms with Crippen LogP contribution in [-0.2, 0) is 28.5 Å². The first kappa shape index (κ1) is 29.3. The van der Waals surface area contributed by atoms with Crippen LogP contribution in [-0.4, -0.2) is 60.0 Å². The molecule has 1 unspecified atom stereocenters. The average Bonchev–Trinajstić information content (AvgIpc) is 3.35. The van der Waals surface area contributed by atoms with Crippen molar-refractivity contribution in [2.45, 2.75) is 42.5 Å². The van der Waals surface area contributed by atoms with Gasteiger partial charge in [-0.05, 0) is 18.2 Å². The van der Waals surface area contributed by atoms with Crippen LogP contribution in [0, 0.1) is 23.4 Å². The molecule has 0 saturated carbocycles. The first-order chi connectivity index (χ1) is 18.5. The molecule has 2 aromatic carbocycles. The van der Waals surface area contributed by atoms with Crippen molar-refractivity contribution in [2.24, 2.45) is 11.0 Å². The summed E-state index contributed by atoms with van der Waals surface area (Å²) < 4.78 is 63.9. The Hall–Kier alpha value is -2.71. The molecule has 2 aromatic rings. The highest BCUT2D eigenvalue weighted by Crippen LogP contribution is 2.41. The monoisotopic (exact) mass is 608 g/mol. The van der Waals surface area contributed by atoms with Gasteiger partial charge in [0.05, 0.1) is 22.3 Å². The molecule has 2 heterocycles. The second-order valence-corrected chi connectivity index (χ2v) is 10.4. The first-order valence-electron chi connectivity index (χ1n) is 11.3. The Kier molecular flexibility index (Phi) is 9.17. The largest absolute Gasteiger partial charge is 0.459 e. The van der Waals surface area contributed by atoms with Crippen LogP contribution in [0.5, 0.6) is 0 Å². The number of hydrogen-bond donors (Lipinski definition) is 1. The van der Waals surface area contributed by atoms with E-state index in [0.717, 1.165) is 42.8 Å². The van der Waals surface area contributed by atoms with E-state index in [1.54, 1.807) is 18.2 Å². The topological polar surface area (TPSA) is 107 Å². The highest BCUT2D eigenvalue weighted by atomic mass is 35.5. The molecule has 0 aliphatic carbocycles. The molecule has 4 rings (SSSR count). The molecular weight excluding hydrogens is 588 g/mol. The fourth-order valence-corrected chi connectivity index (χ4v) is 5.59. The average molecular weight is 609 g/mol. The van der Waals surface area contributed by atoms with Crippen LogP contribution in [0.2, 0.25) is 10.0 Å². The highest BCUT2D eigenvalue weighted by Gasteiger charge is 2.54. The van der Waals surface area contributed by atoms with Crippen molar-refractivity contribution < 1.29 is 46.8 Å². The minimum atomic E-state index is -1.65. The number of hydrazone groups is 1. The van der Waals surface area contributed by atoms with Gasteiger partial charge in [0.1, 0.15) is 23.6 Å². The predicted octanol–water partition coefficient (Wildman–Crippen LogP) is 4.51. The molecule has 0 radical (unpaired) electrons. The van der Waals surface area contributed by atoms with Gasteiger partial charge in [-0.2, -0.15) is 0 Å². The molecule has 1 N–H and O–H groups in total. The van der Waals surface area contributed by atoms with Crippen LogP contribution in [0.4, 0.5) is 18.9 Å². The number of rotatable bonds is 7. The molecule has 0 aromatic heterocycles. The van der Waals surface area contributed by atoms with E-state index >= 15 is 0 Å². The standard InChI is InChI=1S/C24H21Cl2F3N2O7S/c1-10(33)36-21-18(8-32)38-24(39-13-3-4-14(25)15(26)7-13)22(37-11(2)34)19(21)23-30-31(9-35-23)12-5-16(27)20(29)17(28)6-12/h3-7,18-19,21-22,24,32H,8-9H2,1-2H3/t18-,19+,21+,22-,24?/m1/s1. The lowest BCUT2D eigenvalue weighted by molar-refractivity contribution is -0.203. The molecule has 2 aliphatic rings. The van der Waals surface area contributed by atoms with Crippen molar-refractivity contribution in [1.29, 1.82) is 0 Å². The number of hydrogen-bond acceptors (Lipinski definition) is 10. The molecule has 210 valence electrons. The summed E-state index contributed by atoms with van der Waals surface area (Å²) in [5.41, 5.74) is -1.16. The second kappa shape index (κ2) is 12.2. The summed E-state index contributed by atoms with van der Waals surface area (Å²) in [5, 5.41) is 16.0. The SMILES string of the molecule is CC(=O)O[C@@H]1[C@H](C2=NN(c3cc(F)c(F)c(F)c3)CO2)[C@@H](OC(C)=O)C(Sc2ccc(Cl)c(Cl)c2)O[C@@H]1CO. The van der Waals surface area contributed by atoms with E-state index < -0.39 is 65.7 Å². The van der Waals surface area contributed by atoms with Crippen molar-refractivity contribution in [3.05, 3.63) is 57.8 Å². The van der Waals surface area contributed by atoms with E-state index in [0.29, 0.717) is 9.92 Å². The van der Waals surface area contributed by atoms with E-state index in [1.807, 2.05) is 0 Å². The predicted molar refractivity (Wildman–Crippen MR) is 135 cm³/mol. The number of thioether (sulfide) groups is 1. The highest BCUT2D eigenvalue weighted by molar-refractivity contribution is 7.99. The molecule has 39 heavy (non-hydrogen) atoms. The Morgan fingerprint density at radius 2 is 1.72 bits per heavy atom. The number of halogens is 5. The van der Waals surface area contributed by atoms with Gasteiger partial charge in [-0.25, -0.2) is 18.2 Å². The van der Waals surface area contributed by atoms with Gasteiger partial charge in [-0.15, -0.1) is 5.10 Å². The van der Waals surface area contributed by atoms with E-state index in [-0.39, 0.29) is 23.3 Å². The number of aliphatic hydroxyl groups is 1. The molecule has 0 spiro atoms. The summed E-state index contributed by atoms with van der Waals surface area (Å²) in [6, 6.07) is 6.22. The van der Waals surface area contributed by atoms with Crippen LogP contribution in [0.3, 0.4) is 0 Å². The lowest BCUT2D eigenvalue weighted by atomic mass is 9.89. The molecule has 1 saturated heterocycles. The maximum atomic E-state index is 13.9. The first-order valence-corrected chi connectivity index (χ1v) is 13.0. The molecule has 1 fully saturated rings. The number of carbonyl (C=O) groups is 2. The zero-order chi connectivity index (χ0) is 28.4. The zero-order valence-corrected chi connectivity index (χ0v) is 22.6. The summed E-state index contributed by atoms with van der Waals surface area (Å²) in [6.07, 6.45) is -3.57. The maximum absolute atomic E-state index is 13.9. The van der Waals surface area contributed by atoms with E-state index in [1.165, 1.54) is 0 Å². The van der Waals surface area contributed by atoms with Crippen molar-refractivity contribution >= 4 is 58.5 Å². The Labute approximate surface area is 234 Å². The van der Waals surface area contributed by atoms with Gasteiger partial charge in [0.25, 0.3) is 0 Å². The minimum Gasteiger partial charge on any atom is -0.459 e. The number of nitrogens with zero attached hydrogens (tertiary/aromatic N) is 2. The van der Waals surface area contributed by atoms with Gasteiger partial charge in [0.15, 0.2) is 30.3 Å². The number of aliphatic hydroxyl groups excluding tert-OH is 1. The molecule has 2 aliphatic heterocycles. The van der Waals surface area contributed by atoms with Gasteiger partial charge in [0.2, 0.25) is 5.90 Å². The van der Waals surface area contributed by atoms with Crippen LogP contribution < -0.4 is 5.01 Å². The van der Waals surface area contributed by atoms with Crippen molar-refractivity contribution in [1.82, 2.24) is 0 Å². The summed E-state index contributed by atoms with van der Waals surface area (Å²) >= 11 is 13.2. The Morgan fingerprint density at radius 1 is 1.08 bits per heavy atom. The van der Waals surface area contributed by atoms with Crippen molar-refractivity contribution in [3.63, 3.8) is 0 Å². The van der Waals surface area contributed by atoms with Gasteiger partial charge in [-0.1, -0.05) is 35.0 Å². The fraction of sp³-hybridized carbons (Fsp3) is 0.375. The van der Waals surface area contributed by atoms with E-state index in [9.17, 15) is 27.9 Å². The summed E-state index contributed by atoms with van der Waals surface area (Å²) in [5.74, 6) is -7.24. The number of anilines is 1. The van der Waals surface area contributed by atoms with Crippen LogP contribution in [0.15, 0.2) is 40.3 Å². The van der Waals surface area contributed by atoms with Gasteiger partial charge < -0.3 is 24.1 Å². The number of benzene rings is 2. The summed E-state index contributed by atoms with van der Waals surface area (Å²) in [7, 11) is 0. The molecular formula is C24H21Cl2F3N2O7S. The molecule has 0 bridgehead atoms. The Balaban J connectivity index is 1.75. The Bertz CT molecular complexity index is 1280. The van der Waals surface area contributed by atoms with Gasteiger partial charge >= 0.3 is 11.9 Å². The second-order valence-electron chi connectivity index (χ2n) is 8.43. The molecule has 5 atom stereocenters. The quantitative estimate of drug-likeness (QED) is 0.359. The van der Waals surface area contributed by atoms with Gasteiger partial charge in [-0.3, -0.25) is 9.59 Å². The van der Waals surface area contributed by atoms with Crippen LogP contribution in [0.25, 0.3) is 0 Å². The number of esters is 2. The van der Waals surface area contributed by atoms with E-state index in [4.69, 9.17) is 42.1 Å². The third-order valence-corrected chi connectivity index (χ3v) is 7.56. The van der Waals surface area contributed by atoms with Crippen molar-refractivity contribution in [2.75, 3.05) is 18.3 Å². The molecule has 9 nitrogen and oxygen atoms in total. The smallest absolute Gasteiger partial charge is 0.303 e. The maximum Gasteiger partial charge on any atom is 0.303 e. The third-order valence-electron chi connectivity index (χ3n) is 5.68. The lowest BCUT2D eigenvalue weighted by Gasteiger charge is -2.44. The molecule has 15 heteroatoms. The van der Waals surface area contributed by atoms with Crippen molar-refractivity contribution in [3.8, 4) is 0 Å². The third kappa shape index (κ3) is 6.55. The summed E-state index contributed by atoms with van der Waals surface area (Å²) in [6.45, 7) is 1.33. The summed E-state index contributed by atoms with van der Waals surface area (Å²) in [4.78, 5) is 24.7. The van der Waals surface area contributed by atoms with E-state index in [2.05, 4.69) is 5.10 Å². The fourth-order valence-electron chi connectivity index (χ4n) is 4.07. The normalized spacial score (nSPS) is 24.7. The lowest BCUT2D eigenvalue weighted by Crippen LogP contribution is -2.59.